The molecule has 5 heteroatoms. The van der Waals surface area contributed by atoms with Gasteiger partial charge in [0.05, 0.1) is 11.5 Å². The molecule has 0 aliphatic heterocycles. The molecule has 0 N–H and O–H groups in total. The highest BCUT2D eigenvalue weighted by molar-refractivity contribution is 7.86. The zero-order valence-corrected chi connectivity index (χ0v) is 8.59. The van der Waals surface area contributed by atoms with E-state index in [1.165, 1.54) is 12.1 Å². The highest BCUT2D eigenvalue weighted by Crippen LogP contribution is 2.10. The minimum atomic E-state index is -3.57. The maximum atomic E-state index is 11.3. The molecule has 0 fully saturated rings. The molecule has 0 aromatic heterocycles. The Morgan fingerprint density at radius 1 is 1.23 bits per heavy atom. The fourth-order valence-electron chi connectivity index (χ4n) is 0.802. The molecule has 1 rings (SSSR count). The van der Waals surface area contributed by atoms with E-state index in [2.05, 4.69) is 16.8 Å². The molecule has 1 aromatic carbocycles. The Morgan fingerprint density at radius 3 is 2.38 bits per heavy atom. The van der Waals surface area contributed by atoms with E-state index >= 15 is 0 Å². The average Bonchev–Trinajstić information content (AvgIpc) is 2.16. The van der Waals surface area contributed by atoms with E-state index in [-0.39, 0.29) is 11.5 Å². The Kier molecular flexibility index (Phi) is 3.77. The van der Waals surface area contributed by atoms with E-state index < -0.39 is 10.1 Å². The second-order valence-corrected chi connectivity index (χ2v) is 4.38. The van der Waals surface area contributed by atoms with Crippen molar-refractivity contribution >= 4 is 22.7 Å². The number of hydrogen-bond donors (Lipinski definition) is 1. The number of thiol groups is 1. The van der Waals surface area contributed by atoms with Crippen LogP contribution in [0.3, 0.4) is 0 Å². The second-order valence-electron chi connectivity index (χ2n) is 2.31. The van der Waals surface area contributed by atoms with Gasteiger partial charge >= 0.3 is 0 Å². The topological polar surface area (TPSA) is 43.4 Å². The molecule has 0 atom stereocenters. The van der Waals surface area contributed by atoms with Crippen LogP contribution < -0.4 is 0 Å². The summed E-state index contributed by atoms with van der Waals surface area (Å²) in [6, 6.07) is 8.03. The van der Waals surface area contributed by atoms with Crippen molar-refractivity contribution in [2.75, 3.05) is 12.4 Å². The van der Waals surface area contributed by atoms with Crippen molar-refractivity contribution < 1.29 is 12.6 Å². The van der Waals surface area contributed by atoms with Gasteiger partial charge in [-0.05, 0) is 12.1 Å². The van der Waals surface area contributed by atoms with Crippen molar-refractivity contribution in [2.45, 2.75) is 4.90 Å². The van der Waals surface area contributed by atoms with Crippen LogP contribution in [-0.4, -0.2) is 20.8 Å². The van der Waals surface area contributed by atoms with E-state index in [4.69, 9.17) is 0 Å². The monoisotopic (exact) mass is 218 g/mol. The third kappa shape index (κ3) is 3.02. The van der Waals surface area contributed by atoms with Crippen molar-refractivity contribution in [2.24, 2.45) is 0 Å². The molecule has 3 nitrogen and oxygen atoms in total. The first-order valence-electron chi connectivity index (χ1n) is 3.72. The number of benzene rings is 1. The molecule has 0 heterocycles. The first-order valence-corrected chi connectivity index (χ1v) is 5.76. The van der Waals surface area contributed by atoms with Crippen LogP contribution in [0, 0.1) is 0 Å². The summed E-state index contributed by atoms with van der Waals surface area (Å²) in [6.45, 7) is 0.0976. The van der Waals surface area contributed by atoms with Crippen molar-refractivity contribution in [3.05, 3.63) is 30.3 Å². The Morgan fingerprint density at radius 2 is 1.85 bits per heavy atom. The van der Waals surface area contributed by atoms with Gasteiger partial charge in [0.15, 0.2) is 0 Å². The molecule has 0 bridgehead atoms. The quantitative estimate of drug-likeness (QED) is 0.612. The third-order valence-corrected chi connectivity index (χ3v) is 2.87. The molecule has 0 amide bonds. The summed E-state index contributed by atoms with van der Waals surface area (Å²) in [6.07, 6.45) is 0. The van der Waals surface area contributed by atoms with E-state index in [9.17, 15) is 8.42 Å². The molecule has 1 aromatic rings. The zero-order valence-electron chi connectivity index (χ0n) is 6.88. The van der Waals surface area contributed by atoms with E-state index in [0.29, 0.717) is 5.75 Å². The molecule has 0 aliphatic carbocycles. The largest absolute Gasteiger partial charge is 0.296 e. The Bertz CT molecular complexity index is 345. The van der Waals surface area contributed by atoms with Gasteiger partial charge in [-0.3, -0.25) is 4.18 Å². The predicted molar refractivity (Wildman–Crippen MR) is 53.4 cm³/mol. The highest BCUT2D eigenvalue weighted by Gasteiger charge is 2.12. The van der Waals surface area contributed by atoms with E-state index in [1.807, 2.05) is 0 Å². The van der Waals surface area contributed by atoms with Gasteiger partial charge in [0, 0.05) is 5.75 Å². The van der Waals surface area contributed by atoms with Gasteiger partial charge in [-0.2, -0.15) is 21.0 Å². The maximum absolute atomic E-state index is 11.3. The summed E-state index contributed by atoms with van der Waals surface area (Å²) in [5, 5.41) is 0. The second kappa shape index (κ2) is 4.64. The smallest absolute Gasteiger partial charge is 0.266 e. The summed E-state index contributed by atoms with van der Waals surface area (Å²) >= 11 is 3.86. The summed E-state index contributed by atoms with van der Waals surface area (Å²) in [5.41, 5.74) is 0. The van der Waals surface area contributed by atoms with Crippen LogP contribution in [0.15, 0.2) is 35.2 Å². The van der Waals surface area contributed by atoms with Crippen LogP contribution >= 0.6 is 12.6 Å². The lowest BCUT2D eigenvalue weighted by atomic mass is 10.4. The van der Waals surface area contributed by atoms with Gasteiger partial charge in [-0.15, -0.1) is 0 Å². The van der Waals surface area contributed by atoms with E-state index in [0.717, 1.165) is 0 Å². The molecule has 13 heavy (non-hydrogen) atoms. The van der Waals surface area contributed by atoms with Crippen molar-refractivity contribution in [1.82, 2.24) is 0 Å². The number of rotatable bonds is 4. The minimum absolute atomic E-state index is 0.0976. The molecular weight excluding hydrogens is 208 g/mol. The molecular formula is C8H10O3S2. The van der Waals surface area contributed by atoms with Crippen LogP contribution in [0.4, 0.5) is 0 Å². The third-order valence-electron chi connectivity index (χ3n) is 1.36. The van der Waals surface area contributed by atoms with Gasteiger partial charge in [0.1, 0.15) is 0 Å². The number of hydrogen-bond acceptors (Lipinski definition) is 4. The van der Waals surface area contributed by atoms with Crippen molar-refractivity contribution in [3.63, 3.8) is 0 Å². The zero-order chi connectivity index (χ0) is 9.73. The van der Waals surface area contributed by atoms with Gasteiger partial charge in [0.2, 0.25) is 0 Å². The van der Waals surface area contributed by atoms with Gasteiger partial charge in [-0.1, -0.05) is 18.2 Å². The molecule has 0 unspecified atom stereocenters. The first-order chi connectivity index (χ1) is 6.17. The fourth-order valence-corrected chi connectivity index (χ4v) is 1.95. The predicted octanol–water partition coefficient (Wildman–Crippen LogP) is 1.32. The summed E-state index contributed by atoms with van der Waals surface area (Å²) < 4.78 is 27.3. The fraction of sp³-hybridized carbons (Fsp3) is 0.250. The minimum Gasteiger partial charge on any atom is -0.266 e. The maximum Gasteiger partial charge on any atom is 0.296 e. The highest BCUT2D eigenvalue weighted by atomic mass is 32.2. The SMILES string of the molecule is O=S(=O)(OCCS)c1ccccc1. The first kappa shape index (κ1) is 10.6. The lowest BCUT2D eigenvalue weighted by Gasteiger charge is -2.02. The van der Waals surface area contributed by atoms with Gasteiger partial charge in [0.25, 0.3) is 10.1 Å². The summed E-state index contributed by atoms with van der Waals surface area (Å²) in [5.74, 6) is 0.381. The molecule has 0 aliphatic rings. The Hall–Kier alpha value is -0.520. The lowest BCUT2D eigenvalue weighted by molar-refractivity contribution is 0.341. The van der Waals surface area contributed by atoms with Gasteiger partial charge in [-0.25, -0.2) is 0 Å². The van der Waals surface area contributed by atoms with Crippen molar-refractivity contribution in [1.29, 1.82) is 0 Å². The normalized spacial score (nSPS) is 11.5. The summed E-state index contributed by atoms with van der Waals surface area (Å²) in [7, 11) is -3.57. The van der Waals surface area contributed by atoms with Crippen molar-refractivity contribution in [3.8, 4) is 0 Å². The molecule has 0 saturated carbocycles. The Balaban J connectivity index is 2.83. The lowest BCUT2D eigenvalue weighted by Crippen LogP contribution is -2.07. The summed E-state index contributed by atoms with van der Waals surface area (Å²) in [4.78, 5) is 0.178. The molecule has 0 saturated heterocycles. The van der Waals surface area contributed by atoms with Crippen LogP contribution in [0.2, 0.25) is 0 Å². The molecule has 0 radical (unpaired) electrons. The average molecular weight is 218 g/mol. The van der Waals surface area contributed by atoms with Crippen LogP contribution in [-0.2, 0) is 14.3 Å². The standard InChI is InChI=1S/C8H10O3S2/c9-13(10,11-6-7-12)8-4-2-1-3-5-8/h1-5,12H,6-7H2. The molecule has 72 valence electrons. The molecule has 0 spiro atoms. The Labute approximate surface area is 83.3 Å². The van der Waals surface area contributed by atoms with Crippen LogP contribution in [0.1, 0.15) is 0 Å². The van der Waals surface area contributed by atoms with Crippen LogP contribution in [0.25, 0.3) is 0 Å². The van der Waals surface area contributed by atoms with Crippen LogP contribution in [0.5, 0.6) is 0 Å². The van der Waals surface area contributed by atoms with E-state index in [1.54, 1.807) is 18.2 Å². The van der Waals surface area contributed by atoms with Gasteiger partial charge < -0.3 is 0 Å².